The first kappa shape index (κ1) is 25.5. The first-order chi connectivity index (χ1) is 16.7. The largest absolute Gasteiger partial charge is 0.385 e. The van der Waals surface area contributed by atoms with Crippen molar-refractivity contribution in [2.24, 2.45) is 5.92 Å². The molecule has 1 aromatic carbocycles. The van der Waals surface area contributed by atoms with Crippen molar-refractivity contribution < 1.29 is 14.3 Å². The van der Waals surface area contributed by atoms with E-state index in [0.29, 0.717) is 32.1 Å². The van der Waals surface area contributed by atoms with Gasteiger partial charge in [-0.2, -0.15) is 0 Å². The Morgan fingerprint density at radius 2 is 1.97 bits per heavy atom. The molecule has 2 aliphatic rings. The van der Waals surface area contributed by atoms with E-state index in [1.807, 2.05) is 20.8 Å². The van der Waals surface area contributed by atoms with Crippen LogP contribution in [-0.2, 0) is 22.6 Å². The molecule has 2 aromatic rings. The number of hydrogen-bond acceptors (Lipinski definition) is 4. The highest BCUT2D eigenvalue weighted by molar-refractivity contribution is 5.85. The quantitative estimate of drug-likeness (QED) is 0.478. The normalized spacial score (nSPS) is 20.6. The van der Waals surface area contributed by atoms with Gasteiger partial charge in [0.25, 0.3) is 0 Å². The molecule has 2 heterocycles. The second-order valence-corrected chi connectivity index (χ2v) is 11.0. The van der Waals surface area contributed by atoms with Crippen molar-refractivity contribution in [1.82, 2.24) is 25.4 Å². The van der Waals surface area contributed by atoms with Crippen LogP contribution in [0.25, 0.3) is 10.9 Å². The second-order valence-electron chi connectivity index (χ2n) is 11.0. The van der Waals surface area contributed by atoms with Gasteiger partial charge in [-0.15, -0.1) is 0 Å². The van der Waals surface area contributed by atoms with Crippen molar-refractivity contribution in [2.75, 3.05) is 26.8 Å². The molecule has 1 aliphatic heterocycles. The van der Waals surface area contributed by atoms with E-state index in [0.717, 1.165) is 32.4 Å². The number of fused-ring (bicyclic) bond motifs is 1. The van der Waals surface area contributed by atoms with Gasteiger partial charge in [0.2, 0.25) is 5.91 Å². The van der Waals surface area contributed by atoms with E-state index in [1.54, 1.807) is 7.11 Å². The lowest BCUT2D eigenvalue weighted by molar-refractivity contribution is -0.137. The van der Waals surface area contributed by atoms with Crippen LogP contribution in [0, 0.1) is 5.92 Å². The lowest BCUT2D eigenvalue weighted by Crippen LogP contribution is -2.56. The van der Waals surface area contributed by atoms with Gasteiger partial charge in [-0.3, -0.25) is 4.79 Å². The standard InChI is InChI=1S/C27H41N5O3/c1-27(2,3)30-26(34)29-21-14-19(15-28-16-21)25(33)32(22-10-11-22)18-20-17-31(12-7-13-35-4)24-9-6-5-8-23(20)24/h5-6,8-9,17,19,21-22,28H,7,10-16,18H2,1-4H3,(H2,29,30,34)/t19-,21+/m0/s1. The van der Waals surface area contributed by atoms with E-state index in [4.69, 9.17) is 4.74 Å². The topological polar surface area (TPSA) is 87.6 Å². The highest BCUT2D eigenvalue weighted by Gasteiger charge is 2.38. The highest BCUT2D eigenvalue weighted by atomic mass is 16.5. The molecule has 4 rings (SSSR count). The zero-order valence-electron chi connectivity index (χ0n) is 21.6. The van der Waals surface area contributed by atoms with Crippen molar-refractivity contribution in [3.8, 4) is 0 Å². The van der Waals surface area contributed by atoms with Gasteiger partial charge in [-0.05, 0) is 58.1 Å². The molecule has 192 valence electrons. The predicted octanol–water partition coefficient (Wildman–Crippen LogP) is 3.24. The fourth-order valence-corrected chi connectivity index (χ4v) is 5.01. The number of para-hydroxylation sites is 1. The lowest BCUT2D eigenvalue weighted by atomic mass is 9.94. The predicted molar refractivity (Wildman–Crippen MR) is 138 cm³/mol. The summed E-state index contributed by atoms with van der Waals surface area (Å²) in [5, 5.41) is 10.6. The minimum Gasteiger partial charge on any atom is -0.385 e. The SMILES string of the molecule is COCCCn1cc(CN(C(=O)[C@@H]2CNC[C@H](NC(=O)NC(C)(C)C)C2)C2CC2)c2ccccc21. The number of nitrogens with zero attached hydrogens (tertiary/aromatic N) is 2. The molecule has 8 nitrogen and oxygen atoms in total. The number of carbonyl (C=O) groups is 2. The molecule has 8 heteroatoms. The van der Waals surface area contributed by atoms with Crippen LogP contribution < -0.4 is 16.0 Å². The Morgan fingerprint density at radius 1 is 1.20 bits per heavy atom. The summed E-state index contributed by atoms with van der Waals surface area (Å²) in [5.41, 5.74) is 2.10. The molecule has 1 aliphatic carbocycles. The monoisotopic (exact) mass is 483 g/mol. The number of benzene rings is 1. The Hall–Kier alpha value is -2.58. The lowest BCUT2D eigenvalue weighted by Gasteiger charge is -2.34. The third-order valence-electron chi connectivity index (χ3n) is 6.75. The molecular formula is C27H41N5O3. The molecule has 35 heavy (non-hydrogen) atoms. The summed E-state index contributed by atoms with van der Waals surface area (Å²) in [7, 11) is 1.73. The summed E-state index contributed by atoms with van der Waals surface area (Å²) in [5.74, 6) is 0.0540. The average Bonchev–Trinajstić information content (AvgIpc) is 3.59. The van der Waals surface area contributed by atoms with Crippen LogP contribution in [0.2, 0.25) is 0 Å². The van der Waals surface area contributed by atoms with Crippen LogP contribution in [0.4, 0.5) is 4.79 Å². The van der Waals surface area contributed by atoms with E-state index in [1.165, 1.54) is 16.5 Å². The fourth-order valence-electron chi connectivity index (χ4n) is 5.01. The molecule has 0 unspecified atom stereocenters. The first-order valence-corrected chi connectivity index (χ1v) is 12.9. The zero-order chi connectivity index (χ0) is 25.0. The van der Waals surface area contributed by atoms with E-state index >= 15 is 0 Å². The highest BCUT2D eigenvalue weighted by Crippen LogP contribution is 2.33. The van der Waals surface area contributed by atoms with Crippen molar-refractivity contribution in [3.05, 3.63) is 36.0 Å². The summed E-state index contributed by atoms with van der Waals surface area (Å²) in [4.78, 5) is 28.2. The summed E-state index contributed by atoms with van der Waals surface area (Å²) >= 11 is 0. The van der Waals surface area contributed by atoms with Crippen LogP contribution in [0.3, 0.4) is 0 Å². The molecule has 0 spiro atoms. The Bertz CT molecular complexity index is 1020. The molecule has 0 bridgehead atoms. The number of piperidine rings is 1. The fraction of sp³-hybridized carbons (Fsp3) is 0.630. The smallest absolute Gasteiger partial charge is 0.315 e. The van der Waals surface area contributed by atoms with Crippen molar-refractivity contribution >= 4 is 22.8 Å². The molecule has 0 radical (unpaired) electrons. The molecule has 1 saturated carbocycles. The van der Waals surface area contributed by atoms with Crippen LogP contribution in [0.5, 0.6) is 0 Å². The van der Waals surface area contributed by atoms with Crippen molar-refractivity contribution in [1.29, 1.82) is 0 Å². The van der Waals surface area contributed by atoms with E-state index < -0.39 is 0 Å². The van der Waals surface area contributed by atoms with Gasteiger partial charge >= 0.3 is 6.03 Å². The number of aromatic nitrogens is 1. The maximum atomic E-state index is 13.7. The number of carbonyl (C=O) groups excluding carboxylic acids is 2. The number of methoxy groups -OCH3 is 1. The van der Waals surface area contributed by atoms with E-state index in [2.05, 4.69) is 55.9 Å². The molecular weight excluding hydrogens is 442 g/mol. The third kappa shape index (κ3) is 6.76. The molecule has 1 saturated heterocycles. The summed E-state index contributed by atoms with van der Waals surface area (Å²) < 4.78 is 7.53. The maximum absolute atomic E-state index is 13.7. The number of rotatable bonds is 9. The summed E-state index contributed by atoms with van der Waals surface area (Å²) in [6, 6.07) is 8.51. The van der Waals surface area contributed by atoms with Crippen LogP contribution in [-0.4, -0.2) is 65.8 Å². The van der Waals surface area contributed by atoms with Crippen LogP contribution in [0.1, 0.15) is 52.0 Å². The molecule has 3 amide bonds. The minimum absolute atomic E-state index is 0.0659. The zero-order valence-corrected chi connectivity index (χ0v) is 21.6. The number of ether oxygens (including phenoxy) is 1. The van der Waals surface area contributed by atoms with Crippen molar-refractivity contribution in [3.63, 3.8) is 0 Å². The minimum atomic E-state index is -0.299. The van der Waals surface area contributed by atoms with Gasteiger partial charge in [-0.25, -0.2) is 4.79 Å². The van der Waals surface area contributed by atoms with Gasteiger partial charge in [0, 0.05) is 74.6 Å². The number of urea groups is 1. The van der Waals surface area contributed by atoms with E-state index in [9.17, 15) is 9.59 Å². The van der Waals surface area contributed by atoms with Gasteiger partial charge in [-0.1, -0.05) is 18.2 Å². The maximum Gasteiger partial charge on any atom is 0.315 e. The number of aryl methyl sites for hydroxylation is 1. The third-order valence-corrected chi connectivity index (χ3v) is 6.75. The summed E-state index contributed by atoms with van der Waals surface area (Å²) in [6.07, 6.45) is 5.95. The Morgan fingerprint density at radius 3 is 2.69 bits per heavy atom. The van der Waals surface area contributed by atoms with Gasteiger partial charge in [0.05, 0.1) is 5.92 Å². The summed E-state index contributed by atoms with van der Waals surface area (Å²) in [6.45, 7) is 9.45. The number of nitrogens with one attached hydrogen (secondary N) is 3. The molecule has 2 fully saturated rings. The molecule has 2 atom stereocenters. The number of hydrogen-bond donors (Lipinski definition) is 3. The first-order valence-electron chi connectivity index (χ1n) is 12.9. The molecule has 1 aromatic heterocycles. The van der Waals surface area contributed by atoms with Crippen LogP contribution >= 0.6 is 0 Å². The van der Waals surface area contributed by atoms with Gasteiger partial charge in [0.15, 0.2) is 0 Å². The van der Waals surface area contributed by atoms with Gasteiger partial charge < -0.3 is 30.2 Å². The average molecular weight is 484 g/mol. The Kier molecular flexibility index (Phi) is 8.02. The Balaban J connectivity index is 1.45. The van der Waals surface area contributed by atoms with Crippen molar-refractivity contribution in [2.45, 2.75) is 77.2 Å². The van der Waals surface area contributed by atoms with E-state index in [-0.39, 0.29) is 29.4 Å². The number of amides is 3. The van der Waals surface area contributed by atoms with Crippen LogP contribution in [0.15, 0.2) is 30.5 Å². The second kappa shape index (κ2) is 11.0. The van der Waals surface area contributed by atoms with Gasteiger partial charge in [0.1, 0.15) is 0 Å². The molecule has 3 N–H and O–H groups in total. The Labute approximate surface area is 208 Å².